The SMILES string of the molecule is NC(=O)c1cc(-c2ccc(SN3CCC(Nc4ccc(C(F)(F)F)cn4)C(O)C3)cc2)n[nH]1. The van der Waals surface area contributed by atoms with Crippen molar-refractivity contribution in [3.63, 3.8) is 0 Å². The molecule has 1 aromatic carbocycles. The van der Waals surface area contributed by atoms with E-state index >= 15 is 0 Å². The number of anilines is 1. The number of nitrogens with one attached hydrogen (secondary N) is 2. The quantitative estimate of drug-likeness (QED) is 0.402. The van der Waals surface area contributed by atoms with E-state index in [1.54, 1.807) is 6.07 Å². The first-order valence-corrected chi connectivity index (χ1v) is 10.8. The number of amides is 1. The van der Waals surface area contributed by atoms with Crippen LogP contribution in [0.5, 0.6) is 0 Å². The number of hydrogen-bond acceptors (Lipinski definition) is 7. The first-order valence-electron chi connectivity index (χ1n) is 10.1. The molecule has 1 amide bonds. The lowest BCUT2D eigenvalue weighted by atomic mass is 10.0. The Morgan fingerprint density at radius 3 is 2.58 bits per heavy atom. The minimum atomic E-state index is -4.43. The fraction of sp³-hybridized carbons (Fsp3) is 0.286. The number of pyridine rings is 1. The van der Waals surface area contributed by atoms with Gasteiger partial charge in [0.05, 0.1) is 23.4 Å². The minimum Gasteiger partial charge on any atom is -0.390 e. The lowest BCUT2D eigenvalue weighted by molar-refractivity contribution is -0.137. The number of rotatable bonds is 6. The van der Waals surface area contributed by atoms with Crippen molar-refractivity contribution < 1.29 is 23.1 Å². The highest BCUT2D eigenvalue weighted by molar-refractivity contribution is 7.97. The number of benzene rings is 1. The molecule has 2 atom stereocenters. The third-order valence-corrected chi connectivity index (χ3v) is 6.27. The number of carbonyl (C=O) groups is 1. The summed E-state index contributed by atoms with van der Waals surface area (Å²) in [6.45, 7) is 1.05. The number of aromatic amines is 1. The summed E-state index contributed by atoms with van der Waals surface area (Å²) >= 11 is 1.50. The van der Waals surface area contributed by atoms with Gasteiger partial charge in [-0.3, -0.25) is 9.89 Å². The van der Waals surface area contributed by atoms with Crippen molar-refractivity contribution in [1.82, 2.24) is 19.5 Å². The summed E-state index contributed by atoms with van der Waals surface area (Å²) in [6.07, 6.45) is -3.78. The van der Waals surface area contributed by atoms with Crippen LogP contribution in [0.15, 0.2) is 53.6 Å². The summed E-state index contributed by atoms with van der Waals surface area (Å²) in [7, 11) is 0. The number of primary amides is 1. The molecule has 1 saturated heterocycles. The maximum absolute atomic E-state index is 12.7. The molecule has 0 aliphatic carbocycles. The van der Waals surface area contributed by atoms with Crippen molar-refractivity contribution in [3.05, 3.63) is 59.9 Å². The monoisotopic (exact) mass is 478 g/mol. The van der Waals surface area contributed by atoms with Gasteiger partial charge in [-0.2, -0.15) is 18.3 Å². The van der Waals surface area contributed by atoms with Gasteiger partial charge >= 0.3 is 6.18 Å². The van der Waals surface area contributed by atoms with Gasteiger partial charge in [0.25, 0.3) is 5.91 Å². The van der Waals surface area contributed by atoms with Crippen LogP contribution >= 0.6 is 11.9 Å². The number of nitrogens with zero attached hydrogens (tertiary/aromatic N) is 3. The molecular weight excluding hydrogens is 457 g/mol. The van der Waals surface area contributed by atoms with E-state index in [-0.39, 0.29) is 11.7 Å². The van der Waals surface area contributed by atoms with Crippen LogP contribution in [0.3, 0.4) is 0 Å². The average Bonchev–Trinajstić information content (AvgIpc) is 3.27. The predicted molar refractivity (Wildman–Crippen MR) is 117 cm³/mol. The van der Waals surface area contributed by atoms with Crippen molar-refractivity contribution in [3.8, 4) is 11.3 Å². The van der Waals surface area contributed by atoms with E-state index in [4.69, 9.17) is 5.73 Å². The first-order chi connectivity index (χ1) is 15.7. The number of piperidine rings is 1. The van der Waals surface area contributed by atoms with Crippen molar-refractivity contribution in [1.29, 1.82) is 0 Å². The molecule has 2 unspecified atom stereocenters. The summed E-state index contributed by atoms with van der Waals surface area (Å²) in [5.41, 5.74) is 6.09. The smallest absolute Gasteiger partial charge is 0.390 e. The number of carbonyl (C=O) groups excluding carboxylic acids is 1. The number of β-amino-alcohol motifs (C(OH)–C–C–N with tert-alkyl or cyclic N) is 1. The molecule has 0 bridgehead atoms. The van der Waals surface area contributed by atoms with Crippen molar-refractivity contribution in [2.75, 3.05) is 18.4 Å². The average molecular weight is 479 g/mol. The largest absolute Gasteiger partial charge is 0.417 e. The van der Waals surface area contributed by atoms with Gasteiger partial charge in [-0.15, -0.1) is 0 Å². The molecule has 5 N–H and O–H groups in total. The lowest BCUT2D eigenvalue weighted by Gasteiger charge is -2.35. The first kappa shape index (κ1) is 23.1. The topological polar surface area (TPSA) is 120 Å². The van der Waals surface area contributed by atoms with Crippen LogP contribution in [-0.2, 0) is 6.18 Å². The fourth-order valence-corrected chi connectivity index (χ4v) is 4.40. The van der Waals surface area contributed by atoms with Crippen LogP contribution in [0.4, 0.5) is 19.0 Å². The summed E-state index contributed by atoms with van der Waals surface area (Å²) in [5.74, 6) is -0.284. The molecule has 33 heavy (non-hydrogen) atoms. The zero-order chi connectivity index (χ0) is 23.6. The maximum atomic E-state index is 12.7. The third-order valence-electron chi connectivity index (χ3n) is 5.20. The van der Waals surface area contributed by atoms with E-state index < -0.39 is 23.8 Å². The zero-order valence-corrected chi connectivity index (χ0v) is 18.0. The third kappa shape index (κ3) is 5.64. The van der Waals surface area contributed by atoms with Gasteiger partial charge in [0.1, 0.15) is 11.5 Å². The van der Waals surface area contributed by atoms with Gasteiger partial charge in [-0.1, -0.05) is 12.1 Å². The van der Waals surface area contributed by atoms with E-state index in [0.29, 0.717) is 31.0 Å². The maximum Gasteiger partial charge on any atom is 0.417 e. The van der Waals surface area contributed by atoms with Crippen molar-refractivity contribution >= 4 is 23.7 Å². The molecule has 12 heteroatoms. The lowest BCUT2D eigenvalue weighted by Crippen LogP contribution is -2.47. The normalized spacial score (nSPS) is 19.4. The van der Waals surface area contributed by atoms with Crippen LogP contribution in [0, 0.1) is 0 Å². The molecule has 1 aliphatic heterocycles. The number of aliphatic hydroxyl groups excluding tert-OH is 1. The number of halogens is 3. The number of alkyl halides is 3. The number of hydrogen-bond donors (Lipinski definition) is 4. The second kappa shape index (κ2) is 9.41. The van der Waals surface area contributed by atoms with Crippen LogP contribution in [0.25, 0.3) is 11.3 Å². The molecule has 4 rings (SSSR count). The zero-order valence-electron chi connectivity index (χ0n) is 17.2. The number of H-pyrrole nitrogens is 1. The van der Waals surface area contributed by atoms with Gasteiger partial charge < -0.3 is 16.2 Å². The summed E-state index contributed by atoms with van der Waals surface area (Å²) in [4.78, 5) is 16.0. The molecule has 0 radical (unpaired) electrons. The van der Waals surface area contributed by atoms with Crippen LogP contribution in [0.2, 0.25) is 0 Å². The van der Waals surface area contributed by atoms with E-state index in [0.717, 1.165) is 22.7 Å². The van der Waals surface area contributed by atoms with Crippen molar-refractivity contribution in [2.45, 2.75) is 29.6 Å². The molecule has 0 spiro atoms. The summed E-state index contributed by atoms with van der Waals surface area (Å²) < 4.78 is 40.0. The van der Waals surface area contributed by atoms with Crippen LogP contribution in [0.1, 0.15) is 22.5 Å². The second-order valence-electron chi connectivity index (χ2n) is 7.57. The molecule has 3 heterocycles. The molecule has 174 valence electrons. The van der Waals surface area contributed by atoms with Gasteiger partial charge in [0.2, 0.25) is 0 Å². The molecule has 0 saturated carbocycles. The van der Waals surface area contributed by atoms with Crippen molar-refractivity contribution in [2.24, 2.45) is 5.73 Å². The highest BCUT2D eigenvalue weighted by Crippen LogP contribution is 2.31. The van der Waals surface area contributed by atoms with Gasteiger partial charge in [-0.25, -0.2) is 9.29 Å². The molecule has 1 aliphatic rings. The Labute approximate surface area is 191 Å². The van der Waals surface area contributed by atoms with Gasteiger partial charge in [-0.05, 0) is 48.7 Å². The fourth-order valence-electron chi connectivity index (χ4n) is 3.42. The minimum absolute atomic E-state index is 0.236. The molecule has 1 fully saturated rings. The van der Waals surface area contributed by atoms with E-state index in [9.17, 15) is 23.1 Å². The van der Waals surface area contributed by atoms with Gasteiger partial charge in [0, 0.05) is 29.7 Å². The molecule has 8 nitrogen and oxygen atoms in total. The Morgan fingerprint density at radius 1 is 1.24 bits per heavy atom. The van der Waals surface area contributed by atoms with E-state index in [2.05, 4.69) is 20.5 Å². The Hall–Kier alpha value is -3.09. The number of nitrogens with two attached hydrogens (primary N) is 1. The highest BCUT2D eigenvalue weighted by Gasteiger charge is 2.31. The highest BCUT2D eigenvalue weighted by atomic mass is 32.2. The molecule has 2 aromatic heterocycles. The Morgan fingerprint density at radius 2 is 2.00 bits per heavy atom. The Kier molecular flexibility index (Phi) is 6.58. The summed E-state index contributed by atoms with van der Waals surface area (Å²) in [5, 5.41) is 20.2. The standard InChI is InChI=1S/C21H21F3N6O2S/c22-21(23,24)13-3-6-19(26-10-13)27-15-7-8-30(11-18(15)31)33-14-4-1-12(2-5-14)16-9-17(20(25)32)29-28-16/h1-6,9-10,15,18,31H,7-8,11H2,(H2,25,32)(H,26,27)(H,28,29). The Balaban J connectivity index is 1.31. The number of aliphatic hydroxyl groups is 1. The summed E-state index contributed by atoms with van der Waals surface area (Å²) in [6, 6.07) is 11.1. The van der Waals surface area contributed by atoms with E-state index in [1.807, 2.05) is 28.6 Å². The predicted octanol–water partition coefficient (Wildman–Crippen LogP) is 3.14. The molecular formula is C21H21F3N6O2S. The van der Waals surface area contributed by atoms with Crippen LogP contribution < -0.4 is 11.1 Å². The Bertz CT molecular complexity index is 1100. The van der Waals surface area contributed by atoms with Gasteiger partial charge in [0.15, 0.2) is 0 Å². The second-order valence-corrected chi connectivity index (χ2v) is 8.74. The van der Waals surface area contributed by atoms with E-state index in [1.165, 1.54) is 18.0 Å². The number of aromatic nitrogens is 3. The molecule has 3 aromatic rings. The van der Waals surface area contributed by atoms with Crippen LogP contribution in [-0.4, -0.2) is 55.7 Å².